The number of carboxylic acid groups (broad SMARTS) is 2. The van der Waals surface area contributed by atoms with Gasteiger partial charge in [0, 0.05) is 12.2 Å². The van der Waals surface area contributed by atoms with Gasteiger partial charge in [-0.3, -0.25) is 19.2 Å². The number of carboxylic acids is 2. The summed E-state index contributed by atoms with van der Waals surface area (Å²) in [7, 11) is 0. The molecule has 0 spiro atoms. The van der Waals surface area contributed by atoms with Crippen molar-refractivity contribution in [3.8, 4) is 0 Å². The predicted octanol–water partition coefficient (Wildman–Crippen LogP) is -1.29. The molecule has 29 heavy (non-hydrogen) atoms. The van der Waals surface area contributed by atoms with Crippen molar-refractivity contribution in [2.24, 2.45) is 11.7 Å². The van der Waals surface area contributed by atoms with E-state index in [2.05, 4.69) is 28.6 Å². The van der Waals surface area contributed by atoms with Crippen LogP contribution in [-0.4, -0.2) is 69.8 Å². The number of amides is 3. The minimum absolute atomic E-state index is 0.0374. The van der Waals surface area contributed by atoms with Crippen molar-refractivity contribution in [2.75, 3.05) is 5.75 Å². The molecule has 0 aliphatic heterocycles. The monoisotopic (exact) mass is 434 g/mol. The Balaban J connectivity index is 4.78. The Morgan fingerprint density at radius 2 is 1.45 bits per heavy atom. The van der Waals surface area contributed by atoms with Crippen LogP contribution < -0.4 is 21.7 Å². The molecule has 0 aromatic heterocycles. The molecule has 0 heterocycles. The Bertz CT molecular complexity index is 615. The van der Waals surface area contributed by atoms with Crippen LogP contribution in [0.1, 0.15) is 40.0 Å². The van der Waals surface area contributed by atoms with Gasteiger partial charge in [0.25, 0.3) is 0 Å². The van der Waals surface area contributed by atoms with E-state index in [1.165, 1.54) is 6.92 Å². The molecule has 0 rings (SSSR count). The van der Waals surface area contributed by atoms with Gasteiger partial charge in [0.05, 0.1) is 6.04 Å². The molecule has 166 valence electrons. The van der Waals surface area contributed by atoms with Crippen LogP contribution in [0.15, 0.2) is 0 Å². The van der Waals surface area contributed by atoms with Crippen LogP contribution >= 0.6 is 12.6 Å². The van der Waals surface area contributed by atoms with Crippen molar-refractivity contribution >= 4 is 42.3 Å². The summed E-state index contributed by atoms with van der Waals surface area (Å²) in [5.74, 6) is -4.46. The molecule has 0 bridgehead atoms. The van der Waals surface area contributed by atoms with E-state index in [-0.39, 0.29) is 30.9 Å². The molecule has 0 aliphatic rings. The Kier molecular flexibility index (Phi) is 11.9. The minimum Gasteiger partial charge on any atom is -0.481 e. The third-order valence-corrected chi connectivity index (χ3v) is 4.26. The normalized spacial score (nSPS) is 15.0. The van der Waals surface area contributed by atoms with Crippen molar-refractivity contribution in [3.63, 3.8) is 0 Å². The topological polar surface area (TPSA) is 188 Å². The third-order valence-electron chi connectivity index (χ3n) is 3.90. The van der Waals surface area contributed by atoms with Gasteiger partial charge in [0.1, 0.15) is 18.1 Å². The summed E-state index contributed by atoms with van der Waals surface area (Å²) in [5.41, 5.74) is 5.59. The Morgan fingerprint density at radius 1 is 0.897 bits per heavy atom. The molecule has 4 atom stereocenters. The molecule has 11 nitrogen and oxygen atoms in total. The number of hydrogen-bond donors (Lipinski definition) is 7. The van der Waals surface area contributed by atoms with Gasteiger partial charge in [0.15, 0.2) is 0 Å². The number of rotatable bonds is 13. The second kappa shape index (κ2) is 13.0. The van der Waals surface area contributed by atoms with Crippen molar-refractivity contribution in [1.82, 2.24) is 16.0 Å². The number of carbonyl (C=O) groups excluding carboxylic acids is 3. The highest BCUT2D eigenvalue weighted by Crippen LogP contribution is 2.05. The quantitative estimate of drug-likeness (QED) is 0.174. The second-order valence-electron chi connectivity index (χ2n) is 7.04. The van der Waals surface area contributed by atoms with Crippen LogP contribution in [0.3, 0.4) is 0 Å². The van der Waals surface area contributed by atoms with E-state index in [0.717, 1.165) is 0 Å². The lowest BCUT2D eigenvalue weighted by Gasteiger charge is -2.23. The number of nitrogens with one attached hydrogen (secondary N) is 3. The zero-order valence-corrected chi connectivity index (χ0v) is 17.6. The molecule has 0 radical (unpaired) electrons. The SMILES string of the molecule is CC(C)CC(NC(=O)C(C)NC(=O)C(CS)NC(=O)C(N)CCC(=O)O)C(=O)O. The van der Waals surface area contributed by atoms with E-state index in [4.69, 9.17) is 10.8 Å². The van der Waals surface area contributed by atoms with Gasteiger partial charge in [-0.2, -0.15) is 12.6 Å². The Morgan fingerprint density at radius 3 is 1.90 bits per heavy atom. The van der Waals surface area contributed by atoms with Crippen LogP contribution in [0.2, 0.25) is 0 Å². The molecule has 4 unspecified atom stereocenters. The van der Waals surface area contributed by atoms with Crippen molar-refractivity contribution in [1.29, 1.82) is 0 Å². The van der Waals surface area contributed by atoms with Gasteiger partial charge in [-0.15, -0.1) is 0 Å². The fraction of sp³-hybridized carbons (Fsp3) is 0.706. The van der Waals surface area contributed by atoms with Crippen molar-refractivity contribution in [2.45, 2.75) is 64.2 Å². The van der Waals surface area contributed by atoms with E-state index in [0.29, 0.717) is 0 Å². The van der Waals surface area contributed by atoms with Crippen LogP contribution in [0.25, 0.3) is 0 Å². The lowest BCUT2D eigenvalue weighted by atomic mass is 10.0. The van der Waals surface area contributed by atoms with Gasteiger partial charge in [-0.1, -0.05) is 13.8 Å². The van der Waals surface area contributed by atoms with E-state index in [1.807, 2.05) is 13.8 Å². The maximum Gasteiger partial charge on any atom is 0.326 e. The highest BCUT2D eigenvalue weighted by Gasteiger charge is 2.28. The highest BCUT2D eigenvalue weighted by atomic mass is 32.1. The van der Waals surface area contributed by atoms with E-state index in [1.54, 1.807) is 0 Å². The molecular weight excluding hydrogens is 404 g/mol. The first kappa shape index (κ1) is 26.7. The molecular formula is C17H30N4O7S. The lowest BCUT2D eigenvalue weighted by molar-refractivity contribution is -0.142. The fourth-order valence-electron chi connectivity index (χ4n) is 2.25. The summed E-state index contributed by atoms with van der Waals surface area (Å²) in [6, 6.07) is -4.37. The second-order valence-corrected chi connectivity index (χ2v) is 7.41. The van der Waals surface area contributed by atoms with Gasteiger partial charge in [-0.05, 0) is 25.7 Å². The number of aliphatic carboxylic acids is 2. The molecule has 0 aromatic carbocycles. The fourth-order valence-corrected chi connectivity index (χ4v) is 2.51. The first-order valence-electron chi connectivity index (χ1n) is 9.11. The largest absolute Gasteiger partial charge is 0.481 e. The van der Waals surface area contributed by atoms with Crippen LogP contribution in [0.5, 0.6) is 0 Å². The van der Waals surface area contributed by atoms with E-state index >= 15 is 0 Å². The first-order chi connectivity index (χ1) is 13.4. The number of carbonyl (C=O) groups is 5. The van der Waals surface area contributed by atoms with Gasteiger partial charge in [0.2, 0.25) is 17.7 Å². The Hall–Kier alpha value is -2.34. The molecule has 0 aromatic rings. The number of hydrogen-bond acceptors (Lipinski definition) is 7. The molecule has 0 aliphatic carbocycles. The molecule has 3 amide bonds. The van der Waals surface area contributed by atoms with Gasteiger partial charge < -0.3 is 31.9 Å². The van der Waals surface area contributed by atoms with Crippen molar-refractivity contribution < 1.29 is 34.2 Å². The molecule has 12 heteroatoms. The van der Waals surface area contributed by atoms with Crippen LogP contribution in [0, 0.1) is 5.92 Å². The van der Waals surface area contributed by atoms with Gasteiger partial charge in [-0.25, -0.2) is 4.79 Å². The summed E-state index contributed by atoms with van der Waals surface area (Å²) in [5, 5.41) is 24.9. The predicted molar refractivity (Wildman–Crippen MR) is 107 cm³/mol. The summed E-state index contributed by atoms with van der Waals surface area (Å²) >= 11 is 3.99. The van der Waals surface area contributed by atoms with E-state index < -0.39 is 53.8 Å². The maximum absolute atomic E-state index is 12.3. The summed E-state index contributed by atoms with van der Waals surface area (Å²) in [4.78, 5) is 58.3. The van der Waals surface area contributed by atoms with Crippen LogP contribution in [0.4, 0.5) is 0 Å². The zero-order valence-electron chi connectivity index (χ0n) is 16.7. The standard InChI is InChI=1S/C17H30N4O7S/c1-8(2)6-11(17(27)28)20-14(24)9(3)19-16(26)12(7-29)21-15(25)10(18)4-5-13(22)23/h8-12,29H,4-7,18H2,1-3H3,(H,19,26)(H,20,24)(H,21,25)(H,22,23)(H,27,28). The third kappa shape index (κ3) is 10.7. The van der Waals surface area contributed by atoms with Gasteiger partial charge >= 0.3 is 11.9 Å². The maximum atomic E-state index is 12.3. The summed E-state index contributed by atoms with van der Waals surface area (Å²) in [6.07, 6.45) is -0.177. The lowest BCUT2D eigenvalue weighted by Crippen LogP contribution is -2.57. The molecule has 7 N–H and O–H groups in total. The summed E-state index contributed by atoms with van der Waals surface area (Å²) < 4.78 is 0. The zero-order chi connectivity index (χ0) is 22.7. The summed E-state index contributed by atoms with van der Waals surface area (Å²) in [6.45, 7) is 5.00. The highest BCUT2D eigenvalue weighted by molar-refractivity contribution is 7.80. The Labute approximate surface area is 174 Å². The average molecular weight is 435 g/mol. The van der Waals surface area contributed by atoms with Crippen LogP contribution in [-0.2, 0) is 24.0 Å². The molecule has 0 saturated heterocycles. The van der Waals surface area contributed by atoms with Crippen molar-refractivity contribution in [3.05, 3.63) is 0 Å². The average Bonchev–Trinajstić information content (AvgIpc) is 2.62. The minimum atomic E-state index is -1.18. The molecule has 0 fully saturated rings. The number of nitrogens with two attached hydrogens (primary N) is 1. The number of thiol groups is 1. The molecule has 0 saturated carbocycles. The smallest absolute Gasteiger partial charge is 0.326 e. The first-order valence-corrected chi connectivity index (χ1v) is 9.74. The van der Waals surface area contributed by atoms with E-state index in [9.17, 15) is 29.1 Å².